The van der Waals surface area contributed by atoms with Crippen LogP contribution in [0.4, 0.5) is 5.69 Å². The van der Waals surface area contributed by atoms with Crippen LogP contribution in [0, 0.1) is 0 Å². The van der Waals surface area contributed by atoms with E-state index in [2.05, 4.69) is 53.4 Å². The molecule has 4 rings (SSSR count). The third-order valence-corrected chi connectivity index (χ3v) is 4.77. The fourth-order valence-electron chi connectivity index (χ4n) is 3.52. The maximum absolute atomic E-state index is 11.9. The topological polar surface area (TPSA) is 29.3 Å². The summed E-state index contributed by atoms with van der Waals surface area (Å²) in [4.78, 5) is 14.3. The molecular formula is C23H21NO2. The van der Waals surface area contributed by atoms with E-state index < -0.39 is 0 Å². The van der Waals surface area contributed by atoms with Gasteiger partial charge in [0.1, 0.15) is 0 Å². The van der Waals surface area contributed by atoms with E-state index >= 15 is 0 Å². The fraction of sp³-hybridized carbons (Fsp3) is 0.174. The zero-order chi connectivity index (χ0) is 17.9. The first-order valence-corrected chi connectivity index (χ1v) is 8.95. The van der Waals surface area contributed by atoms with E-state index in [4.69, 9.17) is 4.74 Å². The molecule has 1 aliphatic rings. The third kappa shape index (κ3) is 3.08. The average molecular weight is 343 g/mol. The fourth-order valence-corrected chi connectivity index (χ4v) is 3.52. The Balaban J connectivity index is 1.64. The van der Waals surface area contributed by atoms with Gasteiger partial charge in [-0.2, -0.15) is 0 Å². The highest BCUT2D eigenvalue weighted by Gasteiger charge is 2.49. The van der Waals surface area contributed by atoms with Crippen LogP contribution in [-0.2, 0) is 4.74 Å². The monoisotopic (exact) mass is 343 g/mol. The summed E-state index contributed by atoms with van der Waals surface area (Å²) < 4.78 is 5.07. The molecule has 1 fully saturated rings. The van der Waals surface area contributed by atoms with Gasteiger partial charge in [0.2, 0.25) is 0 Å². The Bertz CT molecular complexity index is 830. The van der Waals surface area contributed by atoms with Gasteiger partial charge in [-0.1, -0.05) is 60.7 Å². The van der Waals surface area contributed by atoms with Crippen molar-refractivity contribution in [3.8, 4) is 0 Å². The van der Waals surface area contributed by atoms with Gasteiger partial charge >= 0.3 is 5.97 Å². The van der Waals surface area contributed by atoms with E-state index in [1.807, 2.05) is 43.3 Å². The zero-order valence-electron chi connectivity index (χ0n) is 14.7. The standard InChI is InChI=1S/C23H21NO2/c1-2-26-23(25)19-13-15-20(16-14-19)24-21(17-9-5-3-6-10-17)22(24)18-11-7-4-8-12-18/h3-16,21-22H,2H2,1H3/t21-,22-/m0/s1. The summed E-state index contributed by atoms with van der Waals surface area (Å²) in [7, 11) is 0. The van der Waals surface area contributed by atoms with Gasteiger partial charge in [-0.3, -0.25) is 0 Å². The molecule has 0 aliphatic carbocycles. The molecule has 26 heavy (non-hydrogen) atoms. The Morgan fingerprint density at radius 2 is 1.31 bits per heavy atom. The summed E-state index contributed by atoms with van der Waals surface area (Å²) in [5.74, 6) is -0.274. The van der Waals surface area contributed by atoms with Crippen LogP contribution >= 0.6 is 0 Å². The normalized spacial score (nSPS) is 18.4. The zero-order valence-corrected chi connectivity index (χ0v) is 14.7. The van der Waals surface area contributed by atoms with Crippen LogP contribution in [0.1, 0.15) is 40.5 Å². The third-order valence-electron chi connectivity index (χ3n) is 4.77. The summed E-state index contributed by atoms with van der Waals surface area (Å²) in [5, 5.41) is 0. The Morgan fingerprint density at radius 3 is 1.77 bits per heavy atom. The lowest BCUT2D eigenvalue weighted by Gasteiger charge is -2.08. The number of benzene rings is 3. The van der Waals surface area contributed by atoms with Crippen LogP contribution in [0.3, 0.4) is 0 Å². The predicted molar refractivity (Wildman–Crippen MR) is 103 cm³/mol. The van der Waals surface area contributed by atoms with E-state index in [0.29, 0.717) is 24.3 Å². The molecule has 0 bridgehead atoms. The molecule has 1 aliphatic heterocycles. The molecule has 1 saturated heterocycles. The number of rotatable bonds is 5. The molecule has 3 aromatic carbocycles. The lowest BCUT2D eigenvalue weighted by molar-refractivity contribution is 0.0526. The maximum Gasteiger partial charge on any atom is 0.338 e. The van der Waals surface area contributed by atoms with Crippen molar-refractivity contribution < 1.29 is 9.53 Å². The second-order valence-electron chi connectivity index (χ2n) is 6.39. The second kappa shape index (κ2) is 7.04. The van der Waals surface area contributed by atoms with Gasteiger partial charge in [0.05, 0.1) is 24.3 Å². The molecule has 130 valence electrons. The lowest BCUT2D eigenvalue weighted by atomic mass is 10.0. The smallest absolute Gasteiger partial charge is 0.338 e. The minimum absolute atomic E-state index is 0.274. The van der Waals surface area contributed by atoms with Crippen LogP contribution in [0.2, 0.25) is 0 Å². The van der Waals surface area contributed by atoms with Crippen molar-refractivity contribution in [1.82, 2.24) is 0 Å². The van der Waals surface area contributed by atoms with Crippen molar-refractivity contribution in [1.29, 1.82) is 0 Å². The van der Waals surface area contributed by atoms with Gasteiger partial charge in [0, 0.05) is 5.69 Å². The minimum atomic E-state index is -0.274. The van der Waals surface area contributed by atoms with E-state index in [1.165, 1.54) is 11.1 Å². The van der Waals surface area contributed by atoms with Crippen LogP contribution in [0.15, 0.2) is 84.9 Å². The molecule has 0 unspecified atom stereocenters. The molecule has 0 spiro atoms. The molecule has 3 heteroatoms. The predicted octanol–water partition coefficient (Wildman–Crippen LogP) is 5.17. The summed E-state index contributed by atoms with van der Waals surface area (Å²) in [6, 6.07) is 29.4. The number of anilines is 1. The first-order valence-electron chi connectivity index (χ1n) is 8.95. The van der Waals surface area contributed by atoms with E-state index in [-0.39, 0.29) is 5.97 Å². The largest absolute Gasteiger partial charge is 0.462 e. The quantitative estimate of drug-likeness (QED) is 0.473. The molecule has 0 N–H and O–H groups in total. The Labute approximate surface area is 153 Å². The number of carbonyl (C=O) groups is 1. The number of esters is 1. The van der Waals surface area contributed by atoms with Gasteiger partial charge in [-0.25, -0.2) is 4.79 Å². The van der Waals surface area contributed by atoms with Gasteiger partial charge in [-0.05, 0) is 42.3 Å². The van der Waals surface area contributed by atoms with Gasteiger partial charge < -0.3 is 9.64 Å². The molecule has 0 radical (unpaired) electrons. The van der Waals surface area contributed by atoms with Crippen molar-refractivity contribution in [3.05, 3.63) is 102 Å². The van der Waals surface area contributed by atoms with E-state index in [9.17, 15) is 4.79 Å². The Morgan fingerprint density at radius 1 is 0.808 bits per heavy atom. The molecule has 0 saturated carbocycles. The molecule has 3 aromatic rings. The number of carbonyl (C=O) groups excluding carboxylic acids is 1. The van der Waals surface area contributed by atoms with Gasteiger partial charge in [0.25, 0.3) is 0 Å². The lowest BCUT2D eigenvalue weighted by Crippen LogP contribution is -2.04. The summed E-state index contributed by atoms with van der Waals surface area (Å²) in [6.45, 7) is 2.20. The van der Waals surface area contributed by atoms with E-state index in [1.54, 1.807) is 0 Å². The molecule has 3 nitrogen and oxygen atoms in total. The average Bonchev–Trinajstić information content (AvgIpc) is 3.45. The first-order chi connectivity index (χ1) is 12.8. The highest BCUT2D eigenvalue weighted by molar-refractivity contribution is 5.90. The van der Waals surface area contributed by atoms with E-state index in [0.717, 1.165) is 5.69 Å². The number of ether oxygens (including phenoxy) is 1. The van der Waals surface area contributed by atoms with Crippen molar-refractivity contribution in [2.75, 3.05) is 11.5 Å². The van der Waals surface area contributed by atoms with Crippen molar-refractivity contribution >= 4 is 11.7 Å². The van der Waals surface area contributed by atoms with Gasteiger partial charge in [-0.15, -0.1) is 0 Å². The maximum atomic E-state index is 11.9. The SMILES string of the molecule is CCOC(=O)c1ccc(N2[C@@H](c3ccccc3)[C@@H]2c2ccccc2)cc1. The summed E-state index contributed by atoms with van der Waals surface area (Å²) in [6.07, 6.45) is 0. The molecule has 1 heterocycles. The summed E-state index contributed by atoms with van der Waals surface area (Å²) >= 11 is 0. The Kier molecular flexibility index (Phi) is 4.44. The highest BCUT2D eigenvalue weighted by Crippen LogP contribution is 2.56. The van der Waals surface area contributed by atoms with Gasteiger partial charge in [0.15, 0.2) is 0 Å². The number of hydrogen-bond acceptors (Lipinski definition) is 3. The number of hydrogen-bond donors (Lipinski definition) is 0. The van der Waals surface area contributed by atoms with Crippen molar-refractivity contribution in [2.45, 2.75) is 19.0 Å². The molecular weight excluding hydrogens is 322 g/mol. The van der Waals surface area contributed by atoms with Crippen LogP contribution in [0.25, 0.3) is 0 Å². The van der Waals surface area contributed by atoms with Crippen LogP contribution < -0.4 is 4.90 Å². The Hall–Kier alpha value is -3.07. The summed E-state index contributed by atoms with van der Waals surface area (Å²) in [5.41, 5.74) is 4.30. The molecule has 2 atom stereocenters. The minimum Gasteiger partial charge on any atom is -0.462 e. The number of nitrogens with zero attached hydrogens (tertiary/aromatic N) is 1. The van der Waals surface area contributed by atoms with Crippen molar-refractivity contribution in [3.63, 3.8) is 0 Å². The molecule has 0 aromatic heterocycles. The van der Waals surface area contributed by atoms with Crippen LogP contribution in [-0.4, -0.2) is 12.6 Å². The molecule has 0 amide bonds. The van der Waals surface area contributed by atoms with Crippen LogP contribution in [0.5, 0.6) is 0 Å². The highest BCUT2D eigenvalue weighted by atomic mass is 16.5. The first kappa shape index (κ1) is 16.4. The van der Waals surface area contributed by atoms with Crippen molar-refractivity contribution in [2.24, 2.45) is 0 Å². The second-order valence-corrected chi connectivity index (χ2v) is 6.39.